The van der Waals surface area contributed by atoms with Gasteiger partial charge in [-0.05, 0) is 25.2 Å². The minimum absolute atomic E-state index is 0.406. The first-order chi connectivity index (χ1) is 6.53. The van der Waals surface area contributed by atoms with Crippen LogP contribution in [0.3, 0.4) is 0 Å². The van der Waals surface area contributed by atoms with Crippen LogP contribution in [-0.4, -0.2) is 12.6 Å². The molecule has 0 heterocycles. The van der Waals surface area contributed by atoms with Gasteiger partial charge in [-0.3, -0.25) is 0 Å². The number of hydrogen-bond acceptors (Lipinski definition) is 2. The summed E-state index contributed by atoms with van der Waals surface area (Å²) in [6, 6.07) is 2.62. The topological polar surface area (TPSA) is 35.8 Å². The van der Waals surface area contributed by atoms with Gasteiger partial charge in [0.1, 0.15) is 0 Å². The van der Waals surface area contributed by atoms with Crippen LogP contribution in [0.25, 0.3) is 0 Å². The predicted molar refractivity (Wildman–Crippen MR) is 58.8 cm³/mol. The largest absolute Gasteiger partial charge is 0.309 e. The van der Waals surface area contributed by atoms with Gasteiger partial charge >= 0.3 is 0 Å². The minimum atomic E-state index is 0.406. The lowest BCUT2D eigenvalue weighted by Crippen LogP contribution is -2.36. The molecule has 0 spiro atoms. The Morgan fingerprint density at radius 2 is 2.36 bits per heavy atom. The van der Waals surface area contributed by atoms with Gasteiger partial charge in [0.25, 0.3) is 0 Å². The third-order valence-corrected chi connectivity index (χ3v) is 2.66. The monoisotopic (exact) mass is 192 g/mol. The normalized spacial score (nSPS) is 25.3. The van der Waals surface area contributed by atoms with E-state index in [1.54, 1.807) is 0 Å². The Balaban J connectivity index is 2.46. The van der Waals surface area contributed by atoms with E-state index in [0.29, 0.717) is 17.9 Å². The van der Waals surface area contributed by atoms with Gasteiger partial charge < -0.3 is 5.32 Å². The van der Waals surface area contributed by atoms with Crippen LogP contribution < -0.4 is 5.32 Å². The summed E-state index contributed by atoms with van der Waals surface area (Å²) in [6.07, 6.45) is 5.28. The number of hydrogen-bond donors (Lipinski definition) is 1. The zero-order valence-electron chi connectivity index (χ0n) is 9.43. The van der Waals surface area contributed by atoms with Crippen LogP contribution >= 0.6 is 0 Å². The van der Waals surface area contributed by atoms with E-state index in [9.17, 15) is 0 Å². The summed E-state index contributed by atoms with van der Waals surface area (Å²) < 4.78 is 0. The molecule has 0 aromatic carbocycles. The Bertz CT molecular complexity index is 258. The van der Waals surface area contributed by atoms with E-state index in [1.165, 1.54) is 18.4 Å². The Labute approximate surface area is 87.0 Å². The molecule has 0 amide bonds. The Morgan fingerprint density at radius 1 is 1.64 bits per heavy atom. The van der Waals surface area contributed by atoms with Crippen molar-refractivity contribution >= 4 is 0 Å². The number of nitriles is 1. The molecule has 0 aliphatic heterocycles. The summed E-state index contributed by atoms with van der Waals surface area (Å²) in [4.78, 5) is 0. The van der Waals surface area contributed by atoms with Gasteiger partial charge in [0.05, 0.1) is 6.07 Å². The van der Waals surface area contributed by atoms with Crippen molar-refractivity contribution in [3.63, 3.8) is 0 Å². The molecule has 1 N–H and O–H groups in total. The highest BCUT2D eigenvalue weighted by Crippen LogP contribution is 2.34. The van der Waals surface area contributed by atoms with E-state index in [0.717, 1.165) is 6.54 Å². The van der Waals surface area contributed by atoms with Gasteiger partial charge in [-0.25, -0.2) is 0 Å². The summed E-state index contributed by atoms with van der Waals surface area (Å²) in [5, 5.41) is 11.9. The molecular formula is C12H20N2. The van der Waals surface area contributed by atoms with Crippen molar-refractivity contribution in [1.29, 1.82) is 5.26 Å². The Kier molecular flexibility index (Phi) is 3.71. The lowest BCUT2D eigenvalue weighted by atomic mass is 9.76. The zero-order valence-corrected chi connectivity index (χ0v) is 9.43. The molecule has 0 aromatic rings. The Morgan fingerprint density at radius 3 is 2.93 bits per heavy atom. The van der Waals surface area contributed by atoms with Crippen LogP contribution in [0, 0.1) is 16.7 Å². The van der Waals surface area contributed by atoms with Gasteiger partial charge in [-0.15, -0.1) is 0 Å². The van der Waals surface area contributed by atoms with Gasteiger partial charge in [-0.2, -0.15) is 5.26 Å². The second kappa shape index (κ2) is 4.61. The van der Waals surface area contributed by atoms with Gasteiger partial charge in [0.15, 0.2) is 0 Å². The van der Waals surface area contributed by atoms with Crippen LogP contribution in [0.5, 0.6) is 0 Å². The first kappa shape index (κ1) is 11.3. The molecule has 0 aromatic heterocycles. The Hall–Kier alpha value is -0.810. The lowest BCUT2D eigenvalue weighted by molar-refractivity contribution is 0.282. The molecule has 2 heteroatoms. The third kappa shape index (κ3) is 3.51. The second-order valence-corrected chi connectivity index (χ2v) is 5.03. The molecule has 2 nitrogen and oxygen atoms in total. The second-order valence-electron chi connectivity index (χ2n) is 5.03. The summed E-state index contributed by atoms with van der Waals surface area (Å²) in [7, 11) is 0. The molecule has 1 unspecified atom stereocenters. The van der Waals surface area contributed by atoms with Gasteiger partial charge in [0, 0.05) is 19.0 Å². The van der Waals surface area contributed by atoms with E-state index in [1.807, 2.05) is 0 Å². The van der Waals surface area contributed by atoms with Crippen LogP contribution in [0.1, 0.15) is 40.0 Å². The maximum absolute atomic E-state index is 8.44. The highest BCUT2D eigenvalue weighted by molar-refractivity contribution is 5.12. The average molecular weight is 192 g/mol. The van der Waals surface area contributed by atoms with E-state index < -0.39 is 0 Å². The molecule has 0 fully saturated rings. The zero-order chi connectivity index (χ0) is 10.6. The van der Waals surface area contributed by atoms with Crippen molar-refractivity contribution in [2.24, 2.45) is 5.41 Å². The van der Waals surface area contributed by atoms with Crippen molar-refractivity contribution < 1.29 is 0 Å². The van der Waals surface area contributed by atoms with Crippen molar-refractivity contribution in [3.8, 4) is 6.07 Å². The molecule has 0 saturated heterocycles. The highest BCUT2D eigenvalue weighted by atomic mass is 14.9. The molecule has 1 aliphatic rings. The van der Waals surface area contributed by atoms with E-state index >= 15 is 0 Å². The van der Waals surface area contributed by atoms with E-state index in [4.69, 9.17) is 5.26 Å². The molecule has 0 saturated carbocycles. The molecular weight excluding hydrogens is 172 g/mol. The molecule has 1 rings (SSSR count). The van der Waals surface area contributed by atoms with Crippen LogP contribution in [-0.2, 0) is 0 Å². The summed E-state index contributed by atoms with van der Waals surface area (Å²) in [5.74, 6) is 0. The minimum Gasteiger partial charge on any atom is -0.309 e. The van der Waals surface area contributed by atoms with Crippen molar-refractivity contribution in [2.75, 3.05) is 6.54 Å². The number of rotatable bonds is 3. The summed E-state index contributed by atoms with van der Waals surface area (Å²) in [6.45, 7) is 7.62. The molecule has 0 bridgehead atoms. The summed E-state index contributed by atoms with van der Waals surface area (Å²) >= 11 is 0. The fourth-order valence-electron chi connectivity index (χ4n) is 2.33. The molecule has 1 aliphatic carbocycles. The maximum Gasteiger partial charge on any atom is 0.0635 e. The van der Waals surface area contributed by atoms with Gasteiger partial charge in [-0.1, -0.05) is 25.5 Å². The van der Waals surface area contributed by atoms with E-state index in [2.05, 4.69) is 38.2 Å². The standard InChI is InChI=1S/C12H20N2/c1-10-7-11(14-6-4-5-13)9-12(2,3)8-10/h7,11,14H,4,6,8-9H2,1-3H3. The molecule has 14 heavy (non-hydrogen) atoms. The van der Waals surface area contributed by atoms with Gasteiger partial charge in [0.2, 0.25) is 0 Å². The quantitative estimate of drug-likeness (QED) is 0.551. The number of nitrogens with one attached hydrogen (secondary N) is 1. The predicted octanol–water partition coefficient (Wildman–Crippen LogP) is 2.62. The van der Waals surface area contributed by atoms with Crippen molar-refractivity contribution in [1.82, 2.24) is 5.32 Å². The van der Waals surface area contributed by atoms with Crippen molar-refractivity contribution in [3.05, 3.63) is 11.6 Å². The maximum atomic E-state index is 8.44. The van der Waals surface area contributed by atoms with Crippen LogP contribution in [0.4, 0.5) is 0 Å². The molecule has 78 valence electrons. The summed E-state index contributed by atoms with van der Waals surface area (Å²) in [5.41, 5.74) is 1.87. The third-order valence-electron chi connectivity index (χ3n) is 2.66. The molecule has 0 radical (unpaired) electrons. The SMILES string of the molecule is CC1=CC(NCCC#N)CC(C)(C)C1. The average Bonchev–Trinajstić information content (AvgIpc) is 2.00. The highest BCUT2D eigenvalue weighted by Gasteiger charge is 2.26. The number of allylic oxidation sites excluding steroid dienone is 1. The van der Waals surface area contributed by atoms with E-state index in [-0.39, 0.29) is 0 Å². The number of nitrogens with zero attached hydrogens (tertiary/aromatic N) is 1. The first-order valence-electron chi connectivity index (χ1n) is 5.31. The fourth-order valence-corrected chi connectivity index (χ4v) is 2.33. The smallest absolute Gasteiger partial charge is 0.0635 e. The van der Waals surface area contributed by atoms with Crippen LogP contribution in [0.15, 0.2) is 11.6 Å². The first-order valence-corrected chi connectivity index (χ1v) is 5.31. The fraction of sp³-hybridized carbons (Fsp3) is 0.750. The molecule has 1 atom stereocenters. The van der Waals surface area contributed by atoms with Crippen molar-refractivity contribution in [2.45, 2.75) is 46.1 Å². The lowest BCUT2D eigenvalue weighted by Gasteiger charge is -2.34. The van der Waals surface area contributed by atoms with Crippen LogP contribution in [0.2, 0.25) is 0 Å².